The fourth-order valence-corrected chi connectivity index (χ4v) is 2.05. The van der Waals surface area contributed by atoms with Gasteiger partial charge in [-0.3, -0.25) is 4.99 Å². The molecule has 0 saturated heterocycles. The van der Waals surface area contributed by atoms with E-state index in [9.17, 15) is 0 Å². The largest absolute Gasteiger partial charge is 0.469 e. The van der Waals surface area contributed by atoms with Gasteiger partial charge in [0.1, 0.15) is 5.76 Å². The summed E-state index contributed by atoms with van der Waals surface area (Å²) in [6, 6.07) is 4.30. The normalized spacial score (nSPS) is 12.8. The summed E-state index contributed by atoms with van der Waals surface area (Å²) in [5.74, 6) is 2.56. The van der Waals surface area contributed by atoms with Gasteiger partial charge in [-0.05, 0) is 37.8 Å². The van der Waals surface area contributed by atoms with E-state index in [1.807, 2.05) is 12.1 Å². The average Bonchev–Trinajstić information content (AvgIpc) is 2.98. The minimum Gasteiger partial charge on any atom is -0.469 e. The van der Waals surface area contributed by atoms with Crippen LogP contribution in [-0.4, -0.2) is 38.8 Å². The summed E-state index contributed by atoms with van der Waals surface area (Å²) in [5, 5.41) is 6.82. The Morgan fingerprint density at radius 3 is 2.70 bits per heavy atom. The molecule has 5 nitrogen and oxygen atoms in total. The van der Waals surface area contributed by atoms with Gasteiger partial charge in [0.2, 0.25) is 0 Å². The van der Waals surface area contributed by atoms with Crippen molar-refractivity contribution in [3.8, 4) is 0 Å². The Balaban J connectivity index is 0.00000484. The molecule has 0 aliphatic carbocycles. The molecule has 2 N–H and O–H groups in total. The van der Waals surface area contributed by atoms with Crippen molar-refractivity contribution in [3.63, 3.8) is 0 Å². The molecule has 0 spiro atoms. The van der Waals surface area contributed by atoms with Gasteiger partial charge in [-0.1, -0.05) is 13.8 Å². The SMILES string of the molecule is COCCN=C(NCCc1ccco1)NC(C)CCC(C)C.I. The van der Waals surface area contributed by atoms with Crippen LogP contribution in [0.5, 0.6) is 0 Å². The lowest BCUT2D eigenvalue weighted by atomic mass is 10.0. The molecule has 1 heterocycles. The molecule has 134 valence electrons. The number of hydrogen-bond acceptors (Lipinski definition) is 3. The van der Waals surface area contributed by atoms with Gasteiger partial charge >= 0.3 is 0 Å². The molecule has 0 aliphatic rings. The van der Waals surface area contributed by atoms with Crippen molar-refractivity contribution in [1.82, 2.24) is 10.6 Å². The first-order valence-electron chi connectivity index (χ1n) is 8.18. The van der Waals surface area contributed by atoms with Crippen molar-refractivity contribution in [2.24, 2.45) is 10.9 Å². The summed E-state index contributed by atoms with van der Waals surface area (Å²) in [7, 11) is 1.69. The third-order valence-electron chi connectivity index (χ3n) is 3.37. The molecule has 1 aromatic rings. The first-order chi connectivity index (χ1) is 10.6. The molecule has 0 bridgehead atoms. The topological polar surface area (TPSA) is 58.8 Å². The lowest BCUT2D eigenvalue weighted by Crippen LogP contribution is -2.43. The smallest absolute Gasteiger partial charge is 0.191 e. The Morgan fingerprint density at radius 2 is 2.09 bits per heavy atom. The molecular formula is C17H32IN3O2. The van der Waals surface area contributed by atoms with Crippen LogP contribution in [0.2, 0.25) is 0 Å². The molecule has 0 radical (unpaired) electrons. The van der Waals surface area contributed by atoms with E-state index in [2.05, 4.69) is 36.4 Å². The standard InChI is InChI=1S/C17H31N3O2.HI/c1-14(2)7-8-15(3)20-17(19-11-13-21-4)18-10-9-16-6-5-12-22-16;/h5-6,12,14-15H,7-11,13H2,1-4H3,(H2,18,19,20);1H. The van der Waals surface area contributed by atoms with Crippen molar-refractivity contribution in [3.05, 3.63) is 24.2 Å². The minimum atomic E-state index is 0. The van der Waals surface area contributed by atoms with E-state index in [0.29, 0.717) is 19.2 Å². The number of ether oxygens (including phenoxy) is 1. The predicted octanol–water partition coefficient (Wildman–Crippen LogP) is 3.45. The van der Waals surface area contributed by atoms with E-state index in [0.717, 1.165) is 37.0 Å². The number of nitrogens with zero attached hydrogens (tertiary/aromatic N) is 1. The zero-order valence-electron chi connectivity index (χ0n) is 14.8. The fraction of sp³-hybridized carbons (Fsp3) is 0.706. The molecule has 0 fully saturated rings. The van der Waals surface area contributed by atoms with E-state index in [1.54, 1.807) is 13.4 Å². The van der Waals surface area contributed by atoms with Gasteiger partial charge in [0.05, 0.1) is 19.4 Å². The second kappa shape index (κ2) is 13.7. The number of methoxy groups -OCH3 is 1. The molecule has 0 aromatic carbocycles. The number of halogens is 1. The third-order valence-corrected chi connectivity index (χ3v) is 3.37. The van der Waals surface area contributed by atoms with Crippen LogP contribution in [0.25, 0.3) is 0 Å². The quantitative estimate of drug-likeness (QED) is 0.255. The molecule has 1 rings (SSSR count). The molecule has 0 amide bonds. The monoisotopic (exact) mass is 437 g/mol. The minimum absolute atomic E-state index is 0. The number of aliphatic imine (C=N–C) groups is 1. The number of furan rings is 1. The molecule has 0 aliphatic heterocycles. The van der Waals surface area contributed by atoms with Crippen molar-refractivity contribution < 1.29 is 9.15 Å². The Labute approximate surface area is 157 Å². The highest BCUT2D eigenvalue weighted by atomic mass is 127. The lowest BCUT2D eigenvalue weighted by molar-refractivity contribution is 0.208. The van der Waals surface area contributed by atoms with Crippen LogP contribution < -0.4 is 10.6 Å². The first-order valence-corrected chi connectivity index (χ1v) is 8.18. The van der Waals surface area contributed by atoms with E-state index in [4.69, 9.17) is 9.15 Å². The summed E-state index contributed by atoms with van der Waals surface area (Å²) in [4.78, 5) is 4.54. The van der Waals surface area contributed by atoms with Gasteiger partial charge < -0.3 is 19.8 Å². The van der Waals surface area contributed by atoms with Gasteiger partial charge in [-0.25, -0.2) is 0 Å². The number of guanidine groups is 1. The van der Waals surface area contributed by atoms with E-state index in [1.165, 1.54) is 6.42 Å². The zero-order valence-corrected chi connectivity index (χ0v) is 17.1. The fourth-order valence-electron chi connectivity index (χ4n) is 2.05. The Kier molecular flexibility index (Phi) is 13.2. The lowest BCUT2D eigenvalue weighted by Gasteiger charge is -2.19. The number of rotatable bonds is 10. The zero-order chi connectivity index (χ0) is 16.2. The van der Waals surface area contributed by atoms with Gasteiger partial charge in [0.25, 0.3) is 0 Å². The summed E-state index contributed by atoms with van der Waals surface area (Å²) in [6.07, 6.45) is 4.90. The van der Waals surface area contributed by atoms with Crippen molar-refractivity contribution >= 4 is 29.9 Å². The predicted molar refractivity (Wildman–Crippen MR) is 107 cm³/mol. The number of hydrogen-bond donors (Lipinski definition) is 2. The Hall–Kier alpha value is -0.760. The second-order valence-electron chi connectivity index (χ2n) is 6.00. The number of nitrogens with one attached hydrogen (secondary N) is 2. The van der Waals surface area contributed by atoms with E-state index in [-0.39, 0.29) is 24.0 Å². The van der Waals surface area contributed by atoms with Crippen molar-refractivity contribution in [2.45, 2.75) is 46.1 Å². The molecule has 1 atom stereocenters. The van der Waals surface area contributed by atoms with Crippen LogP contribution in [0.4, 0.5) is 0 Å². The van der Waals surface area contributed by atoms with Crippen LogP contribution >= 0.6 is 24.0 Å². The first kappa shape index (κ1) is 22.2. The Bertz CT molecular complexity index is 408. The third kappa shape index (κ3) is 11.4. The molecule has 23 heavy (non-hydrogen) atoms. The van der Waals surface area contributed by atoms with Crippen LogP contribution in [0, 0.1) is 5.92 Å². The highest BCUT2D eigenvalue weighted by molar-refractivity contribution is 14.0. The van der Waals surface area contributed by atoms with Crippen LogP contribution in [0.3, 0.4) is 0 Å². The molecule has 6 heteroatoms. The van der Waals surface area contributed by atoms with Crippen molar-refractivity contribution in [2.75, 3.05) is 26.8 Å². The highest BCUT2D eigenvalue weighted by Crippen LogP contribution is 2.06. The molecular weight excluding hydrogens is 405 g/mol. The van der Waals surface area contributed by atoms with Gasteiger partial charge in [-0.15, -0.1) is 24.0 Å². The van der Waals surface area contributed by atoms with Crippen LogP contribution in [0.1, 0.15) is 39.4 Å². The average molecular weight is 437 g/mol. The molecule has 1 unspecified atom stereocenters. The maximum atomic E-state index is 5.34. The maximum Gasteiger partial charge on any atom is 0.191 e. The van der Waals surface area contributed by atoms with E-state index < -0.39 is 0 Å². The van der Waals surface area contributed by atoms with Gasteiger partial charge in [-0.2, -0.15) is 0 Å². The highest BCUT2D eigenvalue weighted by Gasteiger charge is 2.07. The van der Waals surface area contributed by atoms with Crippen LogP contribution in [-0.2, 0) is 11.2 Å². The summed E-state index contributed by atoms with van der Waals surface area (Å²) >= 11 is 0. The van der Waals surface area contributed by atoms with Gasteiger partial charge in [0.15, 0.2) is 5.96 Å². The van der Waals surface area contributed by atoms with E-state index >= 15 is 0 Å². The molecule has 1 aromatic heterocycles. The van der Waals surface area contributed by atoms with Crippen molar-refractivity contribution in [1.29, 1.82) is 0 Å². The Morgan fingerprint density at radius 1 is 1.30 bits per heavy atom. The molecule has 0 saturated carbocycles. The second-order valence-corrected chi connectivity index (χ2v) is 6.00. The van der Waals surface area contributed by atoms with Crippen LogP contribution in [0.15, 0.2) is 27.8 Å². The summed E-state index contributed by atoms with van der Waals surface area (Å²) in [6.45, 7) is 8.78. The maximum absolute atomic E-state index is 5.34. The summed E-state index contributed by atoms with van der Waals surface area (Å²) < 4.78 is 10.4. The summed E-state index contributed by atoms with van der Waals surface area (Å²) in [5.41, 5.74) is 0. The van der Waals surface area contributed by atoms with Gasteiger partial charge in [0, 0.05) is 26.1 Å².